The first kappa shape index (κ1) is 14.7. The molecular formula is C11H18N2O4S. The van der Waals surface area contributed by atoms with Crippen molar-refractivity contribution in [3.63, 3.8) is 0 Å². The van der Waals surface area contributed by atoms with Gasteiger partial charge in [0.05, 0.1) is 19.1 Å². The molecule has 0 fully saturated rings. The first-order valence-electron chi connectivity index (χ1n) is 5.38. The minimum absolute atomic E-state index is 0.112. The highest BCUT2D eigenvalue weighted by Crippen LogP contribution is 2.29. The number of ether oxygens (including phenoxy) is 2. The predicted octanol–water partition coefficient (Wildman–Crippen LogP) is 0.329. The molecule has 0 amide bonds. The van der Waals surface area contributed by atoms with E-state index in [1.807, 2.05) is 0 Å². The molecule has 0 saturated carbocycles. The van der Waals surface area contributed by atoms with Gasteiger partial charge in [-0.2, -0.15) is 0 Å². The van der Waals surface area contributed by atoms with Gasteiger partial charge in [0.1, 0.15) is 0 Å². The molecule has 0 heterocycles. The van der Waals surface area contributed by atoms with E-state index in [1.165, 1.54) is 26.4 Å². The highest BCUT2D eigenvalue weighted by molar-refractivity contribution is 7.89. The fourth-order valence-corrected chi connectivity index (χ4v) is 2.47. The first-order valence-corrected chi connectivity index (χ1v) is 6.86. The number of methoxy groups -OCH3 is 2. The molecule has 3 N–H and O–H groups in total. The van der Waals surface area contributed by atoms with E-state index in [1.54, 1.807) is 13.0 Å². The van der Waals surface area contributed by atoms with Gasteiger partial charge in [-0.15, -0.1) is 0 Å². The van der Waals surface area contributed by atoms with Crippen molar-refractivity contribution in [2.24, 2.45) is 5.73 Å². The van der Waals surface area contributed by atoms with Gasteiger partial charge in [-0.05, 0) is 19.1 Å². The second-order valence-electron chi connectivity index (χ2n) is 3.85. The molecule has 6 nitrogen and oxygen atoms in total. The van der Waals surface area contributed by atoms with Gasteiger partial charge in [0, 0.05) is 18.7 Å². The maximum absolute atomic E-state index is 11.9. The van der Waals surface area contributed by atoms with Crippen LogP contribution in [0.5, 0.6) is 11.5 Å². The molecule has 102 valence electrons. The van der Waals surface area contributed by atoms with Crippen LogP contribution in [0.2, 0.25) is 0 Å². The average Bonchev–Trinajstić information content (AvgIpc) is 2.35. The lowest BCUT2D eigenvalue weighted by Gasteiger charge is -2.11. The van der Waals surface area contributed by atoms with Crippen LogP contribution in [-0.4, -0.2) is 35.2 Å². The van der Waals surface area contributed by atoms with Crippen LogP contribution in [-0.2, 0) is 10.0 Å². The molecule has 0 aliphatic heterocycles. The lowest BCUT2D eigenvalue weighted by molar-refractivity contribution is 0.354. The Hall–Kier alpha value is -1.31. The standard InChI is InChI=1S/C11H18N2O4S/c1-8(12)7-13-18(14,15)9-4-5-10(16-2)11(6-9)17-3/h4-6,8,13H,7,12H2,1-3H3. The van der Waals surface area contributed by atoms with Crippen molar-refractivity contribution in [2.45, 2.75) is 17.9 Å². The van der Waals surface area contributed by atoms with E-state index in [-0.39, 0.29) is 17.5 Å². The largest absolute Gasteiger partial charge is 0.493 e. The summed E-state index contributed by atoms with van der Waals surface area (Å²) in [5.41, 5.74) is 5.51. The number of hydrogen-bond acceptors (Lipinski definition) is 5. The molecule has 0 aromatic heterocycles. The molecule has 0 aliphatic carbocycles. The zero-order chi connectivity index (χ0) is 13.8. The number of nitrogens with two attached hydrogens (primary N) is 1. The summed E-state index contributed by atoms with van der Waals surface area (Å²) >= 11 is 0. The Morgan fingerprint density at radius 2 is 1.89 bits per heavy atom. The van der Waals surface area contributed by atoms with Crippen LogP contribution in [0.4, 0.5) is 0 Å². The summed E-state index contributed by atoms with van der Waals surface area (Å²) < 4.78 is 36.4. The van der Waals surface area contributed by atoms with Gasteiger partial charge < -0.3 is 15.2 Å². The lowest BCUT2D eigenvalue weighted by atomic mass is 10.3. The van der Waals surface area contributed by atoms with Crippen LogP contribution in [0.3, 0.4) is 0 Å². The van der Waals surface area contributed by atoms with Crippen LogP contribution < -0.4 is 19.9 Å². The van der Waals surface area contributed by atoms with Gasteiger partial charge >= 0.3 is 0 Å². The monoisotopic (exact) mass is 274 g/mol. The Kier molecular flexibility index (Phi) is 4.94. The Morgan fingerprint density at radius 1 is 1.28 bits per heavy atom. The molecule has 0 radical (unpaired) electrons. The zero-order valence-corrected chi connectivity index (χ0v) is 11.5. The molecule has 0 aliphatic rings. The van der Waals surface area contributed by atoms with E-state index in [4.69, 9.17) is 15.2 Å². The van der Waals surface area contributed by atoms with E-state index in [0.29, 0.717) is 11.5 Å². The van der Waals surface area contributed by atoms with Crippen molar-refractivity contribution in [2.75, 3.05) is 20.8 Å². The number of rotatable bonds is 6. The van der Waals surface area contributed by atoms with Crippen LogP contribution in [0, 0.1) is 0 Å². The average molecular weight is 274 g/mol. The Morgan fingerprint density at radius 3 is 2.39 bits per heavy atom. The van der Waals surface area contributed by atoms with Crippen molar-refractivity contribution in [1.82, 2.24) is 4.72 Å². The molecule has 0 saturated heterocycles. The van der Waals surface area contributed by atoms with Crippen molar-refractivity contribution in [3.8, 4) is 11.5 Å². The highest BCUT2D eigenvalue weighted by atomic mass is 32.2. The topological polar surface area (TPSA) is 90.7 Å². The molecule has 1 atom stereocenters. The quantitative estimate of drug-likeness (QED) is 0.780. The number of benzene rings is 1. The molecule has 0 bridgehead atoms. The predicted molar refractivity (Wildman–Crippen MR) is 68.4 cm³/mol. The van der Waals surface area contributed by atoms with Gasteiger partial charge in [-0.25, -0.2) is 13.1 Å². The summed E-state index contributed by atoms with van der Waals surface area (Å²) in [6.07, 6.45) is 0. The van der Waals surface area contributed by atoms with Gasteiger partial charge in [0.15, 0.2) is 11.5 Å². The van der Waals surface area contributed by atoms with Gasteiger partial charge in [0.25, 0.3) is 0 Å². The van der Waals surface area contributed by atoms with E-state index in [9.17, 15) is 8.42 Å². The molecule has 1 aromatic carbocycles. The van der Waals surface area contributed by atoms with Crippen molar-refractivity contribution in [3.05, 3.63) is 18.2 Å². The third-order valence-corrected chi connectivity index (χ3v) is 3.68. The van der Waals surface area contributed by atoms with E-state index < -0.39 is 10.0 Å². The van der Waals surface area contributed by atoms with Crippen LogP contribution in [0.15, 0.2) is 23.1 Å². The molecule has 1 rings (SSSR count). The third-order valence-electron chi connectivity index (χ3n) is 2.26. The van der Waals surface area contributed by atoms with Crippen molar-refractivity contribution >= 4 is 10.0 Å². The SMILES string of the molecule is COc1ccc(S(=O)(=O)NCC(C)N)cc1OC. The summed E-state index contributed by atoms with van der Waals surface area (Å²) in [5.74, 6) is 0.838. The second kappa shape index (κ2) is 6.03. The third kappa shape index (κ3) is 3.59. The van der Waals surface area contributed by atoms with Gasteiger partial charge in [-0.1, -0.05) is 0 Å². The summed E-state index contributed by atoms with van der Waals surface area (Å²) in [6, 6.07) is 4.15. The summed E-state index contributed by atoms with van der Waals surface area (Å²) in [6.45, 7) is 1.90. The molecule has 18 heavy (non-hydrogen) atoms. The van der Waals surface area contributed by atoms with Crippen LogP contribution in [0.25, 0.3) is 0 Å². The van der Waals surface area contributed by atoms with E-state index >= 15 is 0 Å². The van der Waals surface area contributed by atoms with E-state index in [2.05, 4.69) is 4.72 Å². The molecule has 1 unspecified atom stereocenters. The molecular weight excluding hydrogens is 256 g/mol. The van der Waals surface area contributed by atoms with Crippen molar-refractivity contribution < 1.29 is 17.9 Å². The maximum Gasteiger partial charge on any atom is 0.240 e. The first-order chi connectivity index (χ1) is 8.40. The smallest absolute Gasteiger partial charge is 0.240 e. The minimum atomic E-state index is -3.58. The number of nitrogens with one attached hydrogen (secondary N) is 1. The highest BCUT2D eigenvalue weighted by Gasteiger charge is 2.16. The van der Waals surface area contributed by atoms with Crippen molar-refractivity contribution in [1.29, 1.82) is 0 Å². The molecule has 7 heteroatoms. The van der Waals surface area contributed by atoms with Gasteiger partial charge in [0.2, 0.25) is 10.0 Å². The fourth-order valence-electron chi connectivity index (χ4n) is 1.31. The van der Waals surface area contributed by atoms with Crippen LogP contribution >= 0.6 is 0 Å². The molecule has 0 spiro atoms. The second-order valence-corrected chi connectivity index (χ2v) is 5.61. The number of hydrogen-bond donors (Lipinski definition) is 2. The number of sulfonamides is 1. The maximum atomic E-state index is 11.9. The Balaban J connectivity index is 3.02. The van der Waals surface area contributed by atoms with E-state index in [0.717, 1.165) is 0 Å². The minimum Gasteiger partial charge on any atom is -0.493 e. The van der Waals surface area contributed by atoms with Crippen LogP contribution in [0.1, 0.15) is 6.92 Å². The van der Waals surface area contributed by atoms with Gasteiger partial charge in [-0.3, -0.25) is 0 Å². The fraction of sp³-hybridized carbons (Fsp3) is 0.455. The zero-order valence-electron chi connectivity index (χ0n) is 10.6. The summed E-state index contributed by atoms with van der Waals surface area (Å²) in [5, 5.41) is 0. The molecule has 1 aromatic rings. The summed E-state index contributed by atoms with van der Waals surface area (Å²) in [4.78, 5) is 0.112. The lowest BCUT2D eigenvalue weighted by Crippen LogP contribution is -2.35. The summed E-state index contributed by atoms with van der Waals surface area (Å²) in [7, 11) is -0.644. The Labute approximate surface area is 107 Å². The Bertz CT molecular complexity index is 500. The normalized spacial score (nSPS) is 13.1.